The Kier molecular flexibility index (Phi) is 4.76. The maximum Gasteiger partial charge on any atom is 0.258 e. The van der Waals surface area contributed by atoms with Gasteiger partial charge in [-0.15, -0.1) is 6.42 Å². The average molecular weight is 259 g/mol. The van der Waals surface area contributed by atoms with Gasteiger partial charge in [0.15, 0.2) is 6.61 Å². The molecule has 5 heteroatoms. The summed E-state index contributed by atoms with van der Waals surface area (Å²) in [5.41, 5.74) is 0.969. The number of hydrogen-bond donors (Lipinski definition) is 2. The van der Waals surface area contributed by atoms with E-state index in [0.29, 0.717) is 11.8 Å². The third-order valence-corrected chi connectivity index (χ3v) is 2.70. The lowest BCUT2D eigenvalue weighted by Crippen LogP contribution is -2.29. The fourth-order valence-electron chi connectivity index (χ4n) is 1.49. The Morgan fingerprint density at radius 1 is 1.53 bits per heavy atom. The molecule has 1 aromatic heterocycles. The minimum Gasteiger partial charge on any atom is -0.482 e. The number of pyridine rings is 1. The zero-order chi connectivity index (χ0) is 13.5. The molecule has 0 aromatic carbocycles. The molecule has 1 amide bonds. The van der Waals surface area contributed by atoms with Crippen molar-refractivity contribution in [3.05, 3.63) is 24.0 Å². The molecule has 0 bridgehead atoms. The van der Waals surface area contributed by atoms with Gasteiger partial charge in [-0.05, 0) is 25.0 Å². The van der Waals surface area contributed by atoms with Gasteiger partial charge in [-0.3, -0.25) is 9.78 Å². The lowest BCUT2D eigenvalue weighted by Gasteiger charge is -2.07. The summed E-state index contributed by atoms with van der Waals surface area (Å²) in [6.45, 7) is 0.933. The van der Waals surface area contributed by atoms with Gasteiger partial charge in [0.25, 0.3) is 5.91 Å². The normalized spacial score (nSPS) is 13.6. The number of ether oxygens (including phenoxy) is 1. The first-order valence-electron chi connectivity index (χ1n) is 6.29. The van der Waals surface area contributed by atoms with Crippen LogP contribution in [0.15, 0.2) is 18.3 Å². The number of nitrogens with zero attached hydrogens (tertiary/aromatic N) is 1. The Morgan fingerprint density at radius 3 is 3.00 bits per heavy atom. The lowest BCUT2D eigenvalue weighted by atomic mass is 10.3. The predicted molar refractivity (Wildman–Crippen MR) is 71.4 cm³/mol. The van der Waals surface area contributed by atoms with Gasteiger partial charge in [0.05, 0.1) is 18.4 Å². The molecule has 1 fully saturated rings. The van der Waals surface area contributed by atoms with Crippen LogP contribution in [0, 0.1) is 12.3 Å². The van der Waals surface area contributed by atoms with E-state index in [2.05, 4.69) is 21.5 Å². The second-order valence-electron chi connectivity index (χ2n) is 4.41. The SMILES string of the molecule is C#CCNC(=O)COc1ccc(CNC2CC2)nc1. The quantitative estimate of drug-likeness (QED) is 0.698. The molecule has 1 aliphatic carbocycles. The summed E-state index contributed by atoms with van der Waals surface area (Å²) >= 11 is 0. The van der Waals surface area contributed by atoms with Crippen molar-refractivity contribution in [2.75, 3.05) is 13.2 Å². The first-order valence-corrected chi connectivity index (χ1v) is 6.29. The summed E-state index contributed by atoms with van der Waals surface area (Å²) in [4.78, 5) is 15.5. The van der Waals surface area contributed by atoms with E-state index in [0.717, 1.165) is 12.2 Å². The molecule has 2 N–H and O–H groups in total. The Labute approximate surface area is 112 Å². The number of rotatable bonds is 7. The molecule has 1 heterocycles. The van der Waals surface area contributed by atoms with Crippen molar-refractivity contribution in [3.8, 4) is 18.1 Å². The van der Waals surface area contributed by atoms with Crippen LogP contribution >= 0.6 is 0 Å². The zero-order valence-corrected chi connectivity index (χ0v) is 10.7. The summed E-state index contributed by atoms with van der Waals surface area (Å²) in [5, 5.41) is 5.90. The van der Waals surface area contributed by atoms with E-state index in [9.17, 15) is 4.79 Å². The van der Waals surface area contributed by atoms with Crippen LogP contribution in [0.1, 0.15) is 18.5 Å². The largest absolute Gasteiger partial charge is 0.482 e. The highest BCUT2D eigenvalue weighted by Crippen LogP contribution is 2.19. The maximum atomic E-state index is 11.3. The summed E-state index contributed by atoms with van der Waals surface area (Å²) < 4.78 is 5.29. The summed E-state index contributed by atoms with van der Waals surface area (Å²) in [6.07, 6.45) is 9.17. The Bertz CT molecular complexity index is 461. The zero-order valence-electron chi connectivity index (χ0n) is 10.7. The number of amides is 1. The molecule has 0 radical (unpaired) electrons. The molecule has 1 aliphatic rings. The molecule has 0 saturated heterocycles. The van der Waals surface area contributed by atoms with Crippen LogP contribution < -0.4 is 15.4 Å². The van der Waals surface area contributed by atoms with Crippen LogP contribution in [0.3, 0.4) is 0 Å². The first kappa shape index (κ1) is 13.4. The minimum absolute atomic E-state index is 0.0525. The van der Waals surface area contributed by atoms with Crippen LogP contribution in [-0.2, 0) is 11.3 Å². The van der Waals surface area contributed by atoms with E-state index in [-0.39, 0.29) is 19.1 Å². The Balaban J connectivity index is 1.71. The van der Waals surface area contributed by atoms with Gasteiger partial charge in [-0.2, -0.15) is 0 Å². The fourth-order valence-corrected chi connectivity index (χ4v) is 1.49. The molecule has 0 atom stereocenters. The predicted octanol–water partition coefficient (Wildman–Crippen LogP) is 0.462. The molecule has 0 spiro atoms. The van der Waals surface area contributed by atoms with Crippen LogP contribution in [0.4, 0.5) is 0 Å². The number of carbonyl (C=O) groups excluding carboxylic acids is 1. The average Bonchev–Trinajstić information content (AvgIpc) is 3.26. The van der Waals surface area contributed by atoms with Crippen molar-refractivity contribution < 1.29 is 9.53 Å². The number of terminal acetylenes is 1. The van der Waals surface area contributed by atoms with Crippen molar-refractivity contribution in [1.82, 2.24) is 15.6 Å². The Hall–Kier alpha value is -2.06. The fraction of sp³-hybridized carbons (Fsp3) is 0.429. The van der Waals surface area contributed by atoms with Crippen molar-refractivity contribution in [2.24, 2.45) is 0 Å². The van der Waals surface area contributed by atoms with Gasteiger partial charge in [0.2, 0.25) is 0 Å². The van der Waals surface area contributed by atoms with Gasteiger partial charge in [-0.1, -0.05) is 5.92 Å². The van der Waals surface area contributed by atoms with Crippen molar-refractivity contribution >= 4 is 5.91 Å². The number of hydrogen-bond acceptors (Lipinski definition) is 4. The molecule has 19 heavy (non-hydrogen) atoms. The van der Waals surface area contributed by atoms with E-state index in [1.54, 1.807) is 6.20 Å². The second-order valence-corrected chi connectivity index (χ2v) is 4.41. The lowest BCUT2D eigenvalue weighted by molar-refractivity contribution is -0.122. The molecule has 100 valence electrons. The van der Waals surface area contributed by atoms with Crippen LogP contribution in [-0.4, -0.2) is 30.1 Å². The monoisotopic (exact) mass is 259 g/mol. The van der Waals surface area contributed by atoms with Gasteiger partial charge >= 0.3 is 0 Å². The van der Waals surface area contributed by atoms with Gasteiger partial charge in [-0.25, -0.2) is 0 Å². The molecule has 1 aromatic rings. The highest BCUT2D eigenvalue weighted by Gasteiger charge is 2.20. The van der Waals surface area contributed by atoms with E-state index in [1.807, 2.05) is 12.1 Å². The van der Waals surface area contributed by atoms with Crippen molar-refractivity contribution in [1.29, 1.82) is 0 Å². The molecular formula is C14H17N3O2. The molecular weight excluding hydrogens is 242 g/mol. The molecule has 0 unspecified atom stereocenters. The number of nitrogens with one attached hydrogen (secondary N) is 2. The topological polar surface area (TPSA) is 63.2 Å². The maximum absolute atomic E-state index is 11.3. The first-order chi connectivity index (χ1) is 9.28. The molecule has 1 saturated carbocycles. The van der Waals surface area contributed by atoms with Crippen molar-refractivity contribution in [2.45, 2.75) is 25.4 Å². The van der Waals surface area contributed by atoms with Gasteiger partial charge in [0.1, 0.15) is 5.75 Å². The highest BCUT2D eigenvalue weighted by molar-refractivity contribution is 5.77. The number of aromatic nitrogens is 1. The van der Waals surface area contributed by atoms with Gasteiger partial charge < -0.3 is 15.4 Å². The summed E-state index contributed by atoms with van der Waals surface area (Å²) in [6, 6.07) is 4.37. The second kappa shape index (κ2) is 6.76. The van der Waals surface area contributed by atoms with Crippen LogP contribution in [0.25, 0.3) is 0 Å². The van der Waals surface area contributed by atoms with E-state index >= 15 is 0 Å². The molecule has 5 nitrogen and oxygen atoms in total. The third kappa shape index (κ3) is 4.98. The highest BCUT2D eigenvalue weighted by atomic mass is 16.5. The molecule has 2 rings (SSSR count). The summed E-state index contributed by atoms with van der Waals surface area (Å²) in [7, 11) is 0. The molecule has 0 aliphatic heterocycles. The standard InChI is InChI=1S/C14H17N3O2/c1-2-7-15-14(18)10-19-13-6-5-12(17-9-13)8-16-11-3-4-11/h1,5-6,9,11,16H,3-4,7-8,10H2,(H,15,18). The minimum atomic E-state index is -0.238. The smallest absolute Gasteiger partial charge is 0.258 e. The van der Waals surface area contributed by atoms with E-state index in [1.165, 1.54) is 12.8 Å². The van der Waals surface area contributed by atoms with E-state index in [4.69, 9.17) is 11.2 Å². The van der Waals surface area contributed by atoms with Crippen LogP contribution in [0.5, 0.6) is 5.75 Å². The van der Waals surface area contributed by atoms with E-state index < -0.39 is 0 Å². The summed E-state index contributed by atoms with van der Waals surface area (Å²) in [5.74, 6) is 2.66. The number of carbonyl (C=O) groups is 1. The van der Waals surface area contributed by atoms with Gasteiger partial charge in [0, 0.05) is 12.6 Å². The van der Waals surface area contributed by atoms with Crippen molar-refractivity contribution in [3.63, 3.8) is 0 Å². The Morgan fingerprint density at radius 2 is 2.37 bits per heavy atom. The third-order valence-electron chi connectivity index (χ3n) is 2.70. The van der Waals surface area contributed by atoms with Crippen LogP contribution in [0.2, 0.25) is 0 Å².